The number of rotatable bonds is 63. The fourth-order valence-electron chi connectivity index (χ4n) is 12.6. The molecule has 0 aromatic rings. The molecule has 0 spiro atoms. The van der Waals surface area contributed by atoms with Crippen molar-refractivity contribution < 1.29 is 64.6 Å². The van der Waals surface area contributed by atoms with Crippen LogP contribution in [0.15, 0.2) is 36.5 Å². The van der Waals surface area contributed by atoms with Gasteiger partial charge in [0.2, 0.25) is 5.91 Å². The van der Waals surface area contributed by atoms with E-state index in [2.05, 4.69) is 43.5 Å². The van der Waals surface area contributed by atoms with Crippen LogP contribution in [0.2, 0.25) is 0 Å². The highest BCUT2D eigenvalue weighted by atomic mass is 16.7. The van der Waals surface area contributed by atoms with Crippen molar-refractivity contribution in [3.05, 3.63) is 36.5 Å². The van der Waals surface area contributed by atoms with Crippen LogP contribution in [-0.4, -0.2) is 140 Å². The molecule has 2 saturated heterocycles. The molecule has 2 heterocycles. The molecule has 2 rings (SSSR count). The van der Waals surface area contributed by atoms with Crippen LogP contribution in [0.1, 0.15) is 341 Å². The molecular formula is C75H141NO13. The smallest absolute Gasteiger partial charge is 0.220 e. The first-order valence-corrected chi connectivity index (χ1v) is 37.7. The summed E-state index contributed by atoms with van der Waals surface area (Å²) >= 11 is 0. The molecule has 12 unspecified atom stereocenters. The first-order chi connectivity index (χ1) is 43.6. The van der Waals surface area contributed by atoms with E-state index < -0.39 is 86.8 Å². The summed E-state index contributed by atoms with van der Waals surface area (Å²) < 4.78 is 22.9. The molecule has 1 amide bonds. The summed E-state index contributed by atoms with van der Waals surface area (Å²) in [6, 6.07) is -0.937. The summed E-state index contributed by atoms with van der Waals surface area (Å²) in [6.45, 7) is 2.83. The summed E-state index contributed by atoms with van der Waals surface area (Å²) in [5.74, 6) is -0.246. The Labute approximate surface area is 544 Å². The molecule has 89 heavy (non-hydrogen) atoms. The zero-order valence-electron chi connectivity index (χ0n) is 57.2. The van der Waals surface area contributed by atoms with Gasteiger partial charge in [0.05, 0.1) is 32.0 Å². The lowest BCUT2D eigenvalue weighted by Crippen LogP contribution is -2.65. The first kappa shape index (κ1) is 83.3. The summed E-state index contributed by atoms with van der Waals surface area (Å²) in [5, 5.41) is 87.4. The standard InChI is InChI=1S/C75H141NO13/c1-3-5-7-9-11-13-15-17-19-21-23-25-26-27-28-29-30-31-32-33-34-35-36-37-39-41-43-45-47-49-51-53-55-57-59-67(80)76-63(64(79)58-56-54-52-50-48-46-44-42-40-38-24-22-20-18-16-14-12-10-8-6-4-2)62-86-74-72(85)70(83)73(66(61-78)88-74)89-75-71(84)69(82)68(81)65(60-77)87-75/h40,42,48,50,56,58,63-66,68-75,77-79,81-85H,3-39,41,43-47,49,51-55,57,59-62H2,1-2H3,(H,76,80)/b42-40+,50-48+,58-56+. The van der Waals surface area contributed by atoms with Crippen LogP contribution >= 0.6 is 0 Å². The van der Waals surface area contributed by atoms with Crippen LogP contribution < -0.4 is 5.32 Å². The van der Waals surface area contributed by atoms with Crippen LogP contribution in [0.3, 0.4) is 0 Å². The zero-order valence-corrected chi connectivity index (χ0v) is 57.2. The van der Waals surface area contributed by atoms with Gasteiger partial charge in [0, 0.05) is 6.42 Å². The molecule has 12 atom stereocenters. The molecule has 0 bridgehead atoms. The summed E-state index contributed by atoms with van der Waals surface area (Å²) in [7, 11) is 0. The summed E-state index contributed by atoms with van der Waals surface area (Å²) in [6.07, 6.45) is 60.9. The molecule has 524 valence electrons. The lowest BCUT2D eigenvalue weighted by molar-refractivity contribution is -0.359. The quantitative estimate of drug-likeness (QED) is 0.0204. The zero-order chi connectivity index (χ0) is 64.5. The number of unbranched alkanes of at least 4 members (excludes halogenated alkanes) is 46. The van der Waals surface area contributed by atoms with Crippen molar-refractivity contribution in [2.24, 2.45) is 0 Å². The van der Waals surface area contributed by atoms with Gasteiger partial charge in [-0.1, -0.05) is 326 Å². The number of ether oxygens (including phenoxy) is 4. The maximum Gasteiger partial charge on any atom is 0.220 e. The molecule has 0 saturated carbocycles. The van der Waals surface area contributed by atoms with Gasteiger partial charge < -0.3 is 65.1 Å². The van der Waals surface area contributed by atoms with Crippen molar-refractivity contribution >= 4 is 5.91 Å². The van der Waals surface area contributed by atoms with E-state index in [1.807, 2.05) is 6.08 Å². The molecule has 2 aliphatic heterocycles. The Kier molecular flexibility index (Phi) is 56.1. The second-order valence-corrected chi connectivity index (χ2v) is 26.8. The number of hydrogen-bond acceptors (Lipinski definition) is 13. The predicted octanol–water partition coefficient (Wildman–Crippen LogP) is 16.1. The lowest BCUT2D eigenvalue weighted by atomic mass is 9.97. The predicted molar refractivity (Wildman–Crippen MR) is 365 cm³/mol. The SMILES string of the molecule is CCCCCCCCCCCCC/C=C/CC/C=C/CC/C=C/C(O)C(COC1OC(CO)C(OC2OC(CO)C(O)C(O)C2O)C(O)C1O)NC(=O)CCCCCCCCCCCCCCCCCCCCCCCCCCCCCCCCCCCC. The van der Waals surface area contributed by atoms with Crippen molar-refractivity contribution in [3.8, 4) is 0 Å². The molecular weight excluding hydrogens is 1120 g/mol. The number of carbonyl (C=O) groups is 1. The minimum Gasteiger partial charge on any atom is -0.394 e. The number of carbonyl (C=O) groups excluding carboxylic acids is 1. The van der Waals surface area contributed by atoms with Gasteiger partial charge in [-0.3, -0.25) is 4.79 Å². The second kappa shape index (κ2) is 59.9. The van der Waals surface area contributed by atoms with E-state index in [9.17, 15) is 45.6 Å². The average molecular weight is 1260 g/mol. The minimum atomic E-state index is -1.79. The van der Waals surface area contributed by atoms with E-state index in [0.29, 0.717) is 12.8 Å². The van der Waals surface area contributed by atoms with Crippen molar-refractivity contribution in [1.29, 1.82) is 0 Å². The van der Waals surface area contributed by atoms with E-state index in [-0.39, 0.29) is 18.9 Å². The fraction of sp³-hybridized carbons (Fsp3) is 0.907. The molecule has 2 fully saturated rings. The Morgan fingerprint density at radius 1 is 0.393 bits per heavy atom. The maximum absolute atomic E-state index is 13.3. The number of nitrogens with one attached hydrogen (secondary N) is 1. The Balaban J connectivity index is 1.63. The van der Waals surface area contributed by atoms with Crippen molar-refractivity contribution in [2.45, 2.75) is 415 Å². The second-order valence-electron chi connectivity index (χ2n) is 26.8. The van der Waals surface area contributed by atoms with Gasteiger partial charge in [-0.15, -0.1) is 0 Å². The van der Waals surface area contributed by atoms with Gasteiger partial charge >= 0.3 is 0 Å². The van der Waals surface area contributed by atoms with Crippen LogP contribution in [0.5, 0.6) is 0 Å². The molecule has 0 radical (unpaired) electrons. The van der Waals surface area contributed by atoms with E-state index in [0.717, 1.165) is 44.9 Å². The number of aliphatic hydroxyl groups is 8. The molecule has 14 heteroatoms. The van der Waals surface area contributed by atoms with E-state index in [4.69, 9.17) is 18.9 Å². The van der Waals surface area contributed by atoms with Gasteiger partial charge in [0.1, 0.15) is 48.8 Å². The third-order valence-electron chi connectivity index (χ3n) is 18.6. The van der Waals surface area contributed by atoms with E-state index in [1.54, 1.807) is 6.08 Å². The molecule has 2 aliphatic rings. The molecule has 0 aromatic carbocycles. The third-order valence-corrected chi connectivity index (χ3v) is 18.6. The highest BCUT2D eigenvalue weighted by Gasteiger charge is 2.51. The number of hydrogen-bond donors (Lipinski definition) is 9. The van der Waals surface area contributed by atoms with Crippen LogP contribution in [0.25, 0.3) is 0 Å². The lowest BCUT2D eigenvalue weighted by Gasteiger charge is -2.46. The average Bonchev–Trinajstić information content (AvgIpc) is 2.38. The summed E-state index contributed by atoms with van der Waals surface area (Å²) in [5.41, 5.74) is 0. The highest BCUT2D eigenvalue weighted by Crippen LogP contribution is 2.30. The number of amides is 1. The van der Waals surface area contributed by atoms with Gasteiger partial charge in [0.25, 0.3) is 0 Å². The van der Waals surface area contributed by atoms with Gasteiger partial charge in [-0.25, -0.2) is 0 Å². The van der Waals surface area contributed by atoms with Crippen molar-refractivity contribution in [1.82, 2.24) is 5.32 Å². The van der Waals surface area contributed by atoms with Crippen molar-refractivity contribution in [3.63, 3.8) is 0 Å². The van der Waals surface area contributed by atoms with Crippen molar-refractivity contribution in [2.75, 3.05) is 19.8 Å². The third kappa shape index (κ3) is 43.7. The van der Waals surface area contributed by atoms with Crippen LogP contribution in [0.4, 0.5) is 0 Å². The topological polar surface area (TPSA) is 228 Å². The van der Waals surface area contributed by atoms with E-state index >= 15 is 0 Å². The Bertz CT molecular complexity index is 1630. The minimum absolute atomic E-state index is 0.246. The normalized spacial score (nSPS) is 23.2. The molecule has 14 nitrogen and oxygen atoms in total. The number of aliphatic hydroxyl groups excluding tert-OH is 8. The Hall–Kier alpha value is -1.79. The Morgan fingerprint density at radius 2 is 0.719 bits per heavy atom. The monoisotopic (exact) mass is 1260 g/mol. The van der Waals surface area contributed by atoms with Gasteiger partial charge in [-0.05, 0) is 44.9 Å². The molecule has 0 aliphatic carbocycles. The Morgan fingerprint density at radius 3 is 1.10 bits per heavy atom. The molecule has 0 aromatic heterocycles. The van der Waals surface area contributed by atoms with Gasteiger partial charge in [-0.2, -0.15) is 0 Å². The molecule has 9 N–H and O–H groups in total. The highest BCUT2D eigenvalue weighted by molar-refractivity contribution is 5.76. The summed E-state index contributed by atoms with van der Waals surface area (Å²) in [4.78, 5) is 13.3. The van der Waals surface area contributed by atoms with E-state index in [1.165, 1.54) is 263 Å². The van der Waals surface area contributed by atoms with Crippen LogP contribution in [-0.2, 0) is 23.7 Å². The maximum atomic E-state index is 13.3. The van der Waals surface area contributed by atoms with Crippen LogP contribution in [0, 0.1) is 0 Å². The fourth-order valence-corrected chi connectivity index (χ4v) is 12.6. The van der Waals surface area contributed by atoms with Gasteiger partial charge in [0.15, 0.2) is 12.6 Å². The number of allylic oxidation sites excluding steroid dienone is 5. The first-order valence-electron chi connectivity index (χ1n) is 37.7. The largest absolute Gasteiger partial charge is 0.394 e.